The summed E-state index contributed by atoms with van der Waals surface area (Å²) in [6.07, 6.45) is 0. The third kappa shape index (κ3) is 1.53. The van der Waals surface area contributed by atoms with Crippen molar-refractivity contribution in [3.8, 4) is 0 Å². The number of aryl methyl sites for hydroxylation is 2. The lowest BCUT2D eigenvalue weighted by molar-refractivity contribution is 0.899. The lowest BCUT2D eigenvalue weighted by Crippen LogP contribution is -2.22. The first-order valence-electron chi connectivity index (χ1n) is 8.73. The standard InChI is InChI=1S/C20H14N6O2/c1-25-17-13-7(5-11(21)23-17)4-10-16-14-8(3-9(15(13)16)19(25)27)6-12(22)24-18(14)26(2)20(10)28/h3-6H,1-2H3,(H2,21,23)(H2,22,24). The van der Waals surface area contributed by atoms with Crippen LogP contribution in [0.5, 0.6) is 0 Å². The molecule has 28 heavy (non-hydrogen) atoms. The van der Waals surface area contributed by atoms with Crippen LogP contribution in [-0.4, -0.2) is 19.1 Å². The van der Waals surface area contributed by atoms with E-state index in [2.05, 4.69) is 9.97 Å². The highest BCUT2D eigenvalue weighted by Crippen LogP contribution is 2.40. The van der Waals surface area contributed by atoms with E-state index in [9.17, 15) is 9.59 Å². The van der Waals surface area contributed by atoms with Gasteiger partial charge in [0.05, 0.1) is 0 Å². The number of nitrogens with two attached hydrogens (primary N) is 2. The molecule has 4 heterocycles. The lowest BCUT2D eigenvalue weighted by atomic mass is 9.91. The zero-order valence-electron chi connectivity index (χ0n) is 15.1. The number of hydrogen-bond donors (Lipinski definition) is 2. The summed E-state index contributed by atoms with van der Waals surface area (Å²) >= 11 is 0. The molecule has 0 aliphatic rings. The van der Waals surface area contributed by atoms with Gasteiger partial charge in [-0.1, -0.05) is 0 Å². The fraction of sp³-hybridized carbons (Fsp3) is 0.100. The van der Waals surface area contributed by atoms with Gasteiger partial charge in [0.2, 0.25) is 0 Å². The number of anilines is 2. The molecular formula is C20H14N6O2. The first-order valence-corrected chi connectivity index (χ1v) is 8.73. The molecule has 0 aliphatic carbocycles. The Morgan fingerprint density at radius 3 is 1.46 bits per heavy atom. The molecule has 0 atom stereocenters. The Labute approximate surface area is 156 Å². The maximum atomic E-state index is 13.1. The van der Waals surface area contributed by atoms with Crippen LogP contribution in [-0.2, 0) is 14.1 Å². The van der Waals surface area contributed by atoms with E-state index in [-0.39, 0.29) is 11.1 Å². The number of nitrogen functional groups attached to an aromatic ring is 2. The molecule has 0 aliphatic heterocycles. The molecular weight excluding hydrogens is 356 g/mol. The van der Waals surface area contributed by atoms with Crippen LogP contribution < -0.4 is 22.6 Å². The van der Waals surface area contributed by atoms with Gasteiger partial charge in [0.1, 0.15) is 22.9 Å². The van der Waals surface area contributed by atoms with Gasteiger partial charge >= 0.3 is 0 Å². The molecule has 4 aromatic heterocycles. The molecule has 6 aromatic rings. The number of hydrogen-bond acceptors (Lipinski definition) is 6. The van der Waals surface area contributed by atoms with Gasteiger partial charge in [0.15, 0.2) is 0 Å². The van der Waals surface area contributed by atoms with Crippen LogP contribution in [0.15, 0.2) is 33.9 Å². The van der Waals surface area contributed by atoms with E-state index in [0.717, 1.165) is 32.3 Å². The van der Waals surface area contributed by atoms with Crippen molar-refractivity contribution in [3.63, 3.8) is 0 Å². The Kier molecular flexibility index (Phi) is 2.42. The summed E-state index contributed by atoms with van der Waals surface area (Å²) in [6.45, 7) is 0. The molecule has 136 valence electrons. The van der Waals surface area contributed by atoms with Gasteiger partial charge in [0, 0.05) is 46.4 Å². The zero-order valence-corrected chi connectivity index (χ0v) is 15.1. The van der Waals surface area contributed by atoms with Gasteiger partial charge in [-0.2, -0.15) is 0 Å². The summed E-state index contributed by atoms with van der Waals surface area (Å²) in [4.78, 5) is 35.1. The average molecular weight is 370 g/mol. The van der Waals surface area contributed by atoms with E-state index < -0.39 is 0 Å². The molecule has 4 N–H and O–H groups in total. The van der Waals surface area contributed by atoms with Crippen molar-refractivity contribution in [2.24, 2.45) is 14.1 Å². The Balaban J connectivity index is 2.17. The monoisotopic (exact) mass is 370 g/mol. The smallest absolute Gasteiger partial charge is 0.259 e. The van der Waals surface area contributed by atoms with Crippen molar-refractivity contribution < 1.29 is 0 Å². The highest BCUT2D eigenvalue weighted by molar-refractivity contribution is 6.35. The van der Waals surface area contributed by atoms with Crippen LogP contribution in [0.2, 0.25) is 0 Å². The summed E-state index contributed by atoms with van der Waals surface area (Å²) < 4.78 is 2.99. The van der Waals surface area contributed by atoms with Crippen LogP contribution in [0.1, 0.15) is 0 Å². The van der Waals surface area contributed by atoms with Crippen LogP contribution in [0.4, 0.5) is 11.6 Å². The minimum atomic E-state index is -0.200. The molecule has 0 unspecified atom stereocenters. The first kappa shape index (κ1) is 15.2. The normalized spacial score (nSPS) is 12.5. The summed E-state index contributed by atoms with van der Waals surface area (Å²) in [5.74, 6) is 0.592. The number of aromatic nitrogens is 4. The Morgan fingerprint density at radius 1 is 0.679 bits per heavy atom. The summed E-state index contributed by atoms with van der Waals surface area (Å²) in [5.41, 5.74) is 12.5. The molecule has 0 amide bonds. The summed E-state index contributed by atoms with van der Waals surface area (Å²) in [5, 5.41) is 5.66. The molecule has 8 heteroatoms. The quantitative estimate of drug-likeness (QED) is 0.310. The van der Waals surface area contributed by atoms with Crippen molar-refractivity contribution in [1.29, 1.82) is 0 Å². The maximum absolute atomic E-state index is 13.1. The predicted molar refractivity (Wildman–Crippen MR) is 111 cm³/mol. The van der Waals surface area contributed by atoms with E-state index >= 15 is 0 Å². The van der Waals surface area contributed by atoms with Crippen LogP contribution >= 0.6 is 0 Å². The van der Waals surface area contributed by atoms with Crippen molar-refractivity contribution >= 4 is 66.0 Å². The van der Waals surface area contributed by atoms with Crippen LogP contribution in [0, 0.1) is 0 Å². The largest absolute Gasteiger partial charge is 0.384 e. The third-order valence-electron chi connectivity index (χ3n) is 5.70. The van der Waals surface area contributed by atoms with Crippen molar-refractivity contribution in [2.45, 2.75) is 0 Å². The van der Waals surface area contributed by atoms with Gasteiger partial charge in [-0.3, -0.25) is 18.7 Å². The van der Waals surface area contributed by atoms with E-state index in [1.807, 2.05) is 12.1 Å². The average Bonchev–Trinajstić information content (AvgIpc) is 2.66. The van der Waals surface area contributed by atoms with Crippen molar-refractivity contribution in [1.82, 2.24) is 19.1 Å². The van der Waals surface area contributed by atoms with Gasteiger partial charge in [-0.05, 0) is 35.0 Å². The summed E-state index contributed by atoms with van der Waals surface area (Å²) in [7, 11) is 3.35. The van der Waals surface area contributed by atoms with Gasteiger partial charge in [-0.25, -0.2) is 9.97 Å². The van der Waals surface area contributed by atoms with Crippen LogP contribution in [0.25, 0.3) is 54.4 Å². The highest BCUT2D eigenvalue weighted by atomic mass is 16.1. The number of benzene rings is 2. The molecule has 2 aromatic carbocycles. The molecule has 0 saturated carbocycles. The Morgan fingerprint density at radius 2 is 1.07 bits per heavy atom. The minimum absolute atomic E-state index is 0.200. The van der Waals surface area contributed by atoms with Crippen LogP contribution in [0.3, 0.4) is 0 Å². The molecule has 8 nitrogen and oxygen atoms in total. The number of nitrogens with zero attached hydrogens (tertiary/aromatic N) is 4. The zero-order chi connectivity index (χ0) is 19.5. The van der Waals surface area contributed by atoms with Gasteiger partial charge in [-0.15, -0.1) is 0 Å². The van der Waals surface area contributed by atoms with E-state index in [0.29, 0.717) is 33.7 Å². The molecule has 0 saturated heterocycles. The SMILES string of the molecule is Cn1c(=O)c2cc3cc(N)nc4c3c3c(cc5cc(N)nc1c5c23)c(=O)n4C. The lowest BCUT2D eigenvalue weighted by Gasteiger charge is -2.19. The van der Waals surface area contributed by atoms with Gasteiger partial charge in [0.25, 0.3) is 11.1 Å². The van der Waals surface area contributed by atoms with Crippen molar-refractivity contribution in [3.05, 3.63) is 45.0 Å². The second-order valence-electron chi connectivity index (χ2n) is 7.26. The fourth-order valence-corrected chi connectivity index (χ4v) is 4.50. The highest BCUT2D eigenvalue weighted by Gasteiger charge is 2.23. The fourth-order valence-electron chi connectivity index (χ4n) is 4.50. The van der Waals surface area contributed by atoms with E-state index in [1.165, 1.54) is 9.13 Å². The van der Waals surface area contributed by atoms with Gasteiger partial charge < -0.3 is 11.5 Å². The molecule has 6 rings (SSSR count). The van der Waals surface area contributed by atoms with Crippen molar-refractivity contribution in [2.75, 3.05) is 11.5 Å². The predicted octanol–water partition coefficient (Wildman–Crippen LogP) is 1.68. The van der Waals surface area contributed by atoms with E-state index in [4.69, 9.17) is 11.5 Å². The second kappa shape index (κ2) is 4.48. The minimum Gasteiger partial charge on any atom is -0.384 e. The Hall–Kier alpha value is -3.94. The maximum Gasteiger partial charge on any atom is 0.259 e. The molecule has 0 spiro atoms. The topological polar surface area (TPSA) is 122 Å². The summed E-state index contributed by atoms with van der Waals surface area (Å²) in [6, 6.07) is 7.11. The third-order valence-corrected chi connectivity index (χ3v) is 5.70. The molecule has 0 fully saturated rings. The number of rotatable bonds is 0. The van der Waals surface area contributed by atoms with E-state index in [1.54, 1.807) is 26.2 Å². The molecule has 0 bridgehead atoms. The first-order chi connectivity index (χ1) is 13.4. The number of pyridine rings is 4. The Bertz CT molecular complexity index is 1610. The second-order valence-corrected chi connectivity index (χ2v) is 7.26. The molecule has 0 radical (unpaired) electrons.